The molecule has 0 aromatic heterocycles. The first kappa shape index (κ1) is 10.8. The van der Waals surface area contributed by atoms with Crippen molar-refractivity contribution in [2.45, 2.75) is 0 Å². The van der Waals surface area contributed by atoms with Crippen LogP contribution in [0.2, 0.25) is 5.02 Å². The highest BCUT2D eigenvalue weighted by atomic mass is 35.5. The molecule has 76 valence electrons. The number of halogens is 2. The lowest BCUT2D eigenvalue weighted by molar-refractivity contribution is 0.0596. The van der Waals surface area contributed by atoms with Crippen molar-refractivity contribution in [2.75, 3.05) is 14.2 Å². The number of hydrogen-bond acceptors (Lipinski definition) is 3. The third-order valence-corrected chi connectivity index (χ3v) is 1.95. The zero-order valence-electron chi connectivity index (χ0n) is 7.64. The molecular formula is C9H8ClFO3. The first-order chi connectivity index (χ1) is 6.61. The van der Waals surface area contributed by atoms with Crippen molar-refractivity contribution < 1.29 is 18.7 Å². The Balaban J connectivity index is 3.31. The summed E-state index contributed by atoms with van der Waals surface area (Å²) in [7, 11) is 2.45. The van der Waals surface area contributed by atoms with Gasteiger partial charge >= 0.3 is 5.97 Å². The molecule has 14 heavy (non-hydrogen) atoms. The number of ether oxygens (including phenoxy) is 2. The predicted molar refractivity (Wildman–Crippen MR) is 49.3 cm³/mol. The van der Waals surface area contributed by atoms with Crippen LogP contribution in [0.15, 0.2) is 12.1 Å². The summed E-state index contributed by atoms with van der Waals surface area (Å²) in [5.74, 6) is -1.64. The third kappa shape index (κ3) is 1.80. The van der Waals surface area contributed by atoms with E-state index in [1.807, 2.05) is 0 Å². The van der Waals surface area contributed by atoms with Crippen molar-refractivity contribution in [1.29, 1.82) is 0 Å². The summed E-state index contributed by atoms with van der Waals surface area (Å²) in [6.45, 7) is 0. The van der Waals surface area contributed by atoms with Crippen molar-refractivity contribution in [2.24, 2.45) is 0 Å². The molecule has 0 radical (unpaired) electrons. The molecule has 3 nitrogen and oxygen atoms in total. The molecule has 0 aliphatic carbocycles. The van der Waals surface area contributed by atoms with E-state index in [0.717, 1.165) is 0 Å². The van der Waals surface area contributed by atoms with Crippen molar-refractivity contribution in [1.82, 2.24) is 0 Å². The van der Waals surface area contributed by atoms with Crippen molar-refractivity contribution in [3.8, 4) is 5.75 Å². The van der Waals surface area contributed by atoms with Crippen molar-refractivity contribution >= 4 is 17.6 Å². The molecule has 0 saturated carbocycles. The van der Waals surface area contributed by atoms with Crippen LogP contribution in [0.5, 0.6) is 5.75 Å². The lowest BCUT2D eigenvalue weighted by atomic mass is 10.2. The van der Waals surface area contributed by atoms with E-state index in [2.05, 4.69) is 4.74 Å². The molecule has 0 bridgehead atoms. The molecule has 0 amide bonds. The number of hydrogen-bond donors (Lipinski definition) is 0. The van der Waals surface area contributed by atoms with Gasteiger partial charge in [0.2, 0.25) is 0 Å². The Labute approximate surface area is 85.4 Å². The Morgan fingerprint density at radius 3 is 2.57 bits per heavy atom. The molecule has 0 aliphatic rings. The van der Waals surface area contributed by atoms with Crippen LogP contribution >= 0.6 is 11.6 Å². The molecule has 1 rings (SSSR count). The predicted octanol–water partition coefficient (Wildman–Crippen LogP) is 2.27. The van der Waals surface area contributed by atoms with Gasteiger partial charge < -0.3 is 9.47 Å². The van der Waals surface area contributed by atoms with Gasteiger partial charge in [-0.25, -0.2) is 9.18 Å². The number of rotatable bonds is 2. The highest BCUT2D eigenvalue weighted by Gasteiger charge is 2.18. The van der Waals surface area contributed by atoms with E-state index in [9.17, 15) is 9.18 Å². The maximum Gasteiger partial charge on any atom is 0.341 e. The fraction of sp³-hybridized carbons (Fsp3) is 0.222. The van der Waals surface area contributed by atoms with Gasteiger partial charge in [-0.2, -0.15) is 0 Å². The Kier molecular flexibility index (Phi) is 3.30. The number of esters is 1. The maximum absolute atomic E-state index is 13.3. The summed E-state index contributed by atoms with van der Waals surface area (Å²) in [5, 5.41) is -0.102. The van der Waals surface area contributed by atoms with Gasteiger partial charge in [-0.3, -0.25) is 0 Å². The molecule has 0 fully saturated rings. The second-order valence-electron chi connectivity index (χ2n) is 2.43. The zero-order chi connectivity index (χ0) is 10.7. The molecule has 0 atom stereocenters. The summed E-state index contributed by atoms with van der Waals surface area (Å²) in [5.41, 5.74) is 0.0110. The van der Waals surface area contributed by atoms with E-state index in [4.69, 9.17) is 16.3 Å². The van der Waals surface area contributed by atoms with Crippen molar-refractivity contribution in [3.05, 3.63) is 28.5 Å². The number of benzene rings is 1. The van der Waals surface area contributed by atoms with Crippen LogP contribution in [-0.2, 0) is 4.74 Å². The molecule has 0 heterocycles. The summed E-state index contributed by atoms with van der Waals surface area (Å²) in [6, 6.07) is 2.61. The Bertz CT molecular complexity index is 365. The summed E-state index contributed by atoms with van der Waals surface area (Å²) in [4.78, 5) is 11.1. The molecule has 0 saturated heterocycles. The van der Waals surface area contributed by atoms with E-state index in [0.29, 0.717) is 0 Å². The topological polar surface area (TPSA) is 35.5 Å². The lowest BCUT2D eigenvalue weighted by Gasteiger charge is -2.08. The van der Waals surface area contributed by atoms with Crippen LogP contribution in [0.25, 0.3) is 0 Å². The Hall–Kier alpha value is -1.29. The largest absolute Gasteiger partial charge is 0.493 e. The van der Waals surface area contributed by atoms with Crippen LogP contribution < -0.4 is 4.74 Å². The van der Waals surface area contributed by atoms with Gasteiger partial charge in [0, 0.05) is 0 Å². The minimum absolute atomic E-state index is 0.0110. The quantitative estimate of drug-likeness (QED) is 0.715. The van der Waals surface area contributed by atoms with Crippen LogP contribution in [-0.4, -0.2) is 20.2 Å². The minimum Gasteiger partial charge on any atom is -0.493 e. The second-order valence-corrected chi connectivity index (χ2v) is 2.84. The normalized spacial score (nSPS) is 9.71. The van der Waals surface area contributed by atoms with E-state index < -0.39 is 11.8 Å². The Morgan fingerprint density at radius 1 is 1.43 bits per heavy atom. The summed E-state index contributed by atoms with van der Waals surface area (Å²) >= 11 is 5.51. The van der Waals surface area contributed by atoms with Gasteiger partial charge in [0.1, 0.15) is 5.56 Å². The van der Waals surface area contributed by atoms with Crippen molar-refractivity contribution in [3.63, 3.8) is 0 Å². The Morgan fingerprint density at radius 2 is 2.07 bits per heavy atom. The number of carbonyl (C=O) groups is 1. The SMILES string of the molecule is COC(=O)c1ccc(Cl)c(F)c1OC. The van der Waals surface area contributed by atoms with Crippen LogP contribution in [0.4, 0.5) is 4.39 Å². The molecule has 0 N–H and O–H groups in total. The number of methoxy groups -OCH3 is 2. The highest BCUT2D eigenvalue weighted by Crippen LogP contribution is 2.28. The van der Waals surface area contributed by atoms with Gasteiger partial charge in [0.15, 0.2) is 11.6 Å². The second kappa shape index (κ2) is 4.28. The average Bonchev–Trinajstić information content (AvgIpc) is 2.20. The van der Waals surface area contributed by atoms with E-state index in [1.54, 1.807) is 0 Å². The molecule has 0 aliphatic heterocycles. The van der Waals surface area contributed by atoms with Crippen LogP contribution in [0.3, 0.4) is 0 Å². The maximum atomic E-state index is 13.3. The summed E-state index contributed by atoms with van der Waals surface area (Å²) < 4.78 is 22.5. The molecule has 1 aromatic rings. The van der Waals surface area contributed by atoms with Crippen LogP contribution in [0.1, 0.15) is 10.4 Å². The van der Waals surface area contributed by atoms with Gasteiger partial charge in [-0.05, 0) is 12.1 Å². The fourth-order valence-corrected chi connectivity index (χ4v) is 1.15. The lowest BCUT2D eigenvalue weighted by Crippen LogP contribution is -2.05. The molecule has 1 aromatic carbocycles. The van der Waals surface area contributed by atoms with Gasteiger partial charge in [-0.1, -0.05) is 11.6 Å². The third-order valence-electron chi connectivity index (χ3n) is 1.66. The summed E-state index contributed by atoms with van der Waals surface area (Å²) in [6.07, 6.45) is 0. The van der Waals surface area contributed by atoms with Gasteiger partial charge in [0.25, 0.3) is 0 Å². The monoisotopic (exact) mass is 218 g/mol. The standard InChI is InChI=1S/C9H8ClFO3/c1-13-8-5(9(12)14-2)3-4-6(10)7(8)11/h3-4H,1-2H3. The first-order valence-electron chi connectivity index (χ1n) is 3.72. The van der Waals surface area contributed by atoms with Crippen LogP contribution in [0, 0.1) is 5.82 Å². The van der Waals surface area contributed by atoms with Gasteiger partial charge in [0.05, 0.1) is 19.2 Å². The molecule has 0 unspecified atom stereocenters. The highest BCUT2D eigenvalue weighted by molar-refractivity contribution is 6.31. The fourth-order valence-electron chi connectivity index (χ4n) is 1.00. The average molecular weight is 219 g/mol. The molecular weight excluding hydrogens is 211 g/mol. The van der Waals surface area contributed by atoms with Gasteiger partial charge in [-0.15, -0.1) is 0 Å². The smallest absolute Gasteiger partial charge is 0.341 e. The zero-order valence-corrected chi connectivity index (χ0v) is 8.39. The molecule has 0 spiro atoms. The number of carbonyl (C=O) groups excluding carboxylic acids is 1. The molecule has 5 heteroatoms. The minimum atomic E-state index is -0.767. The first-order valence-corrected chi connectivity index (χ1v) is 4.10. The van der Waals surface area contributed by atoms with E-state index in [1.165, 1.54) is 26.4 Å². The van der Waals surface area contributed by atoms with E-state index in [-0.39, 0.29) is 16.3 Å². The van der Waals surface area contributed by atoms with E-state index >= 15 is 0 Å².